The van der Waals surface area contributed by atoms with Crippen molar-refractivity contribution in [3.05, 3.63) is 33.4 Å². The van der Waals surface area contributed by atoms with Crippen LogP contribution in [0, 0.1) is 3.57 Å². The summed E-state index contributed by atoms with van der Waals surface area (Å²) in [6, 6.07) is 8.25. The van der Waals surface area contributed by atoms with Crippen LogP contribution in [0.25, 0.3) is 0 Å². The molecule has 1 saturated heterocycles. The Balaban J connectivity index is 1.93. The van der Waals surface area contributed by atoms with Gasteiger partial charge in [0.25, 0.3) is 0 Å². The third-order valence-electron chi connectivity index (χ3n) is 2.91. The molecule has 2 nitrogen and oxygen atoms in total. The molecule has 1 N–H and O–H groups in total. The number of piperidine rings is 1. The van der Waals surface area contributed by atoms with Crippen molar-refractivity contribution in [3.8, 4) is 0 Å². The second-order valence-electron chi connectivity index (χ2n) is 4.23. The summed E-state index contributed by atoms with van der Waals surface area (Å²) in [5, 5.41) is 9.30. The molecule has 1 aliphatic rings. The largest absolute Gasteiger partial charge is 0.390 e. The Morgan fingerprint density at radius 1 is 1.38 bits per heavy atom. The van der Waals surface area contributed by atoms with Gasteiger partial charge >= 0.3 is 0 Å². The fourth-order valence-electron chi connectivity index (χ4n) is 1.95. The van der Waals surface area contributed by atoms with Crippen LogP contribution in [0.2, 0.25) is 0 Å². The summed E-state index contributed by atoms with van der Waals surface area (Å²) in [5.74, 6) is 0. The van der Waals surface area contributed by atoms with Crippen molar-refractivity contribution in [1.82, 2.24) is 4.90 Å². The van der Waals surface area contributed by atoms with E-state index in [0.717, 1.165) is 13.1 Å². The van der Waals surface area contributed by atoms with Gasteiger partial charge in [-0.3, -0.25) is 4.90 Å². The molecular weight excluding hydrogens is 320 g/mol. The fraction of sp³-hybridized carbons (Fsp3) is 0.500. The van der Waals surface area contributed by atoms with Gasteiger partial charge in [0.15, 0.2) is 0 Å². The molecule has 1 heterocycles. The van der Waals surface area contributed by atoms with Crippen molar-refractivity contribution in [2.24, 2.45) is 0 Å². The van der Waals surface area contributed by atoms with Crippen molar-refractivity contribution >= 4 is 22.6 Å². The third-order valence-corrected chi connectivity index (χ3v) is 3.63. The number of likely N-dealkylation sites (tertiary alicyclic amines) is 1. The number of alkyl halides is 1. The summed E-state index contributed by atoms with van der Waals surface area (Å²) in [4.78, 5) is 2.06. The molecule has 0 unspecified atom stereocenters. The lowest BCUT2D eigenvalue weighted by atomic mass is 10.1. The Kier molecular flexibility index (Phi) is 4.16. The van der Waals surface area contributed by atoms with Gasteiger partial charge in [-0.25, -0.2) is 4.39 Å². The van der Waals surface area contributed by atoms with E-state index in [1.807, 2.05) is 0 Å². The normalized spacial score (nSPS) is 26.9. The van der Waals surface area contributed by atoms with Gasteiger partial charge in [-0.05, 0) is 46.7 Å². The van der Waals surface area contributed by atoms with E-state index < -0.39 is 12.3 Å². The molecule has 1 fully saturated rings. The monoisotopic (exact) mass is 335 g/mol. The molecule has 1 aliphatic heterocycles. The molecule has 0 saturated carbocycles. The second-order valence-corrected chi connectivity index (χ2v) is 5.48. The molecule has 0 aliphatic carbocycles. The lowest BCUT2D eigenvalue weighted by Crippen LogP contribution is -2.44. The molecule has 0 aromatic heterocycles. The first-order valence-corrected chi connectivity index (χ1v) is 6.52. The molecule has 0 bridgehead atoms. The molecule has 0 amide bonds. The molecule has 4 heteroatoms. The van der Waals surface area contributed by atoms with E-state index in [1.165, 1.54) is 9.13 Å². The van der Waals surface area contributed by atoms with E-state index in [1.54, 1.807) is 0 Å². The predicted molar refractivity (Wildman–Crippen MR) is 70.0 cm³/mol. The van der Waals surface area contributed by atoms with Crippen molar-refractivity contribution in [2.45, 2.75) is 25.2 Å². The summed E-state index contributed by atoms with van der Waals surface area (Å²) in [7, 11) is 0. The van der Waals surface area contributed by atoms with Crippen LogP contribution in [-0.2, 0) is 6.54 Å². The Morgan fingerprint density at radius 2 is 2.06 bits per heavy atom. The summed E-state index contributed by atoms with van der Waals surface area (Å²) in [6.07, 6.45) is -1.34. The van der Waals surface area contributed by atoms with Gasteiger partial charge < -0.3 is 5.11 Å². The van der Waals surface area contributed by atoms with Gasteiger partial charge in [0.2, 0.25) is 0 Å². The molecule has 2 atom stereocenters. The van der Waals surface area contributed by atoms with E-state index in [2.05, 4.69) is 51.8 Å². The highest BCUT2D eigenvalue weighted by atomic mass is 127. The average Bonchev–Trinajstić information content (AvgIpc) is 2.27. The van der Waals surface area contributed by atoms with E-state index in [0.29, 0.717) is 13.0 Å². The summed E-state index contributed by atoms with van der Waals surface area (Å²) in [5.41, 5.74) is 1.20. The van der Waals surface area contributed by atoms with Crippen LogP contribution in [0.4, 0.5) is 4.39 Å². The summed E-state index contributed by atoms with van der Waals surface area (Å²) < 4.78 is 14.5. The summed E-state index contributed by atoms with van der Waals surface area (Å²) in [6.45, 7) is 1.88. The second kappa shape index (κ2) is 5.42. The van der Waals surface area contributed by atoms with Crippen LogP contribution in [0.1, 0.15) is 12.0 Å². The molecule has 1 aromatic carbocycles. The molecule has 0 spiro atoms. The zero-order chi connectivity index (χ0) is 11.5. The Morgan fingerprint density at radius 3 is 2.69 bits per heavy atom. The van der Waals surface area contributed by atoms with Gasteiger partial charge in [0, 0.05) is 23.2 Å². The number of aliphatic hydroxyl groups is 1. The van der Waals surface area contributed by atoms with E-state index in [4.69, 9.17) is 0 Å². The number of halogens is 2. The lowest BCUT2D eigenvalue weighted by Gasteiger charge is -2.32. The number of nitrogens with zero attached hydrogens (tertiary/aromatic N) is 1. The number of hydrogen-bond donors (Lipinski definition) is 1. The van der Waals surface area contributed by atoms with Gasteiger partial charge in [0.1, 0.15) is 6.17 Å². The van der Waals surface area contributed by atoms with Crippen molar-refractivity contribution in [3.63, 3.8) is 0 Å². The smallest absolute Gasteiger partial charge is 0.139 e. The number of rotatable bonds is 2. The first-order chi connectivity index (χ1) is 7.65. The molecule has 2 rings (SSSR count). The first-order valence-electron chi connectivity index (χ1n) is 5.44. The zero-order valence-electron chi connectivity index (χ0n) is 8.94. The van der Waals surface area contributed by atoms with Crippen molar-refractivity contribution < 1.29 is 9.50 Å². The molecule has 1 aromatic rings. The highest BCUT2D eigenvalue weighted by Crippen LogP contribution is 2.17. The van der Waals surface area contributed by atoms with Crippen LogP contribution in [0.5, 0.6) is 0 Å². The Labute approximate surface area is 109 Å². The molecule has 0 radical (unpaired) electrons. The maximum atomic E-state index is 13.3. The molecule has 16 heavy (non-hydrogen) atoms. The minimum absolute atomic E-state index is 0.340. The van der Waals surface area contributed by atoms with Crippen LogP contribution >= 0.6 is 22.6 Å². The van der Waals surface area contributed by atoms with E-state index in [-0.39, 0.29) is 0 Å². The molecule has 88 valence electrons. The number of benzene rings is 1. The Hall–Kier alpha value is -0.200. The average molecular weight is 335 g/mol. The van der Waals surface area contributed by atoms with Crippen LogP contribution in [0.3, 0.4) is 0 Å². The minimum atomic E-state index is -1.10. The van der Waals surface area contributed by atoms with Crippen LogP contribution < -0.4 is 0 Å². The number of aliphatic hydroxyl groups excluding tert-OH is 1. The lowest BCUT2D eigenvalue weighted by molar-refractivity contribution is 0.00393. The fourth-order valence-corrected chi connectivity index (χ4v) is 2.31. The topological polar surface area (TPSA) is 23.5 Å². The van der Waals surface area contributed by atoms with Gasteiger partial charge in [0.05, 0.1) is 6.10 Å². The van der Waals surface area contributed by atoms with Crippen molar-refractivity contribution in [1.29, 1.82) is 0 Å². The van der Waals surface area contributed by atoms with Gasteiger partial charge in [-0.15, -0.1) is 0 Å². The highest BCUT2D eigenvalue weighted by molar-refractivity contribution is 14.1. The van der Waals surface area contributed by atoms with Crippen LogP contribution in [0.15, 0.2) is 24.3 Å². The standard InChI is InChI=1S/C12H15FINO/c13-11-8-15(6-5-12(11)16)7-9-1-3-10(14)4-2-9/h1-4,11-12,16H,5-8H2/t11-,12-/m0/s1. The van der Waals surface area contributed by atoms with Gasteiger partial charge in [-0.1, -0.05) is 12.1 Å². The van der Waals surface area contributed by atoms with Crippen molar-refractivity contribution in [2.75, 3.05) is 13.1 Å². The maximum absolute atomic E-state index is 13.3. The highest BCUT2D eigenvalue weighted by Gasteiger charge is 2.27. The predicted octanol–water partition coefficient (Wildman–Crippen LogP) is 2.20. The minimum Gasteiger partial charge on any atom is -0.390 e. The van der Waals surface area contributed by atoms with E-state index >= 15 is 0 Å². The Bertz CT molecular complexity index is 343. The summed E-state index contributed by atoms with van der Waals surface area (Å²) >= 11 is 2.27. The van der Waals surface area contributed by atoms with Gasteiger partial charge in [-0.2, -0.15) is 0 Å². The van der Waals surface area contributed by atoms with Crippen LogP contribution in [-0.4, -0.2) is 35.4 Å². The maximum Gasteiger partial charge on any atom is 0.139 e. The zero-order valence-corrected chi connectivity index (χ0v) is 11.1. The molecular formula is C12H15FINO. The first kappa shape index (κ1) is 12.3. The number of hydrogen-bond acceptors (Lipinski definition) is 2. The quantitative estimate of drug-likeness (QED) is 0.838. The SMILES string of the molecule is O[C@H]1CCN(Cc2ccc(I)cc2)C[C@@H]1F. The third kappa shape index (κ3) is 3.15. The van der Waals surface area contributed by atoms with E-state index in [9.17, 15) is 9.50 Å².